The number of rotatable bonds is 7. The summed E-state index contributed by atoms with van der Waals surface area (Å²) in [6.45, 7) is 2.35. The van der Waals surface area contributed by atoms with E-state index in [2.05, 4.69) is 5.32 Å². The summed E-state index contributed by atoms with van der Waals surface area (Å²) in [6.07, 6.45) is 3.93. The number of benzene rings is 1. The van der Waals surface area contributed by atoms with Gasteiger partial charge < -0.3 is 19.9 Å². The van der Waals surface area contributed by atoms with Gasteiger partial charge in [-0.15, -0.1) is 0 Å². The molecule has 2 N–H and O–H groups in total. The molecule has 1 aromatic carbocycles. The minimum atomic E-state index is -0.882. The van der Waals surface area contributed by atoms with Crippen molar-refractivity contribution in [1.82, 2.24) is 5.32 Å². The van der Waals surface area contributed by atoms with Crippen molar-refractivity contribution in [3.05, 3.63) is 22.7 Å². The first-order valence-electron chi connectivity index (χ1n) is 8.45. The lowest BCUT2D eigenvalue weighted by atomic mass is 9.74. The molecule has 0 heterocycles. The molecular formula is C18H24ClNO5. The van der Waals surface area contributed by atoms with Gasteiger partial charge in [-0.2, -0.15) is 0 Å². The first-order valence-corrected chi connectivity index (χ1v) is 8.83. The maximum atomic E-state index is 12.5. The highest BCUT2D eigenvalue weighted by Gasteiger charge is 2.39. The predicted molar refractivity (Wildman–Crippen MR) is 94.7 cm³/mol. The van der Waals surface area contributed by atoms with E-state index in [-0.39, 0.29) is 17.5 Å². The fraction of sp³-hybridized carbons (Fsp3) is 0.556. The topological polar surface area (TPSA) is 84.9 Å². The average Bonchev–Trinajstić information content (AvgIpc) is 2.61. The van der Waals surface area contributed by atoms with Crippen molar-refractivity contribution < 1.29 is 24.2 Å². The molecule has 1 aromatic rings. The van der Waals surface area contributed by atoms with Gasteiger partial charge in [-0.3, -0.25) is 9.59 Å². The molecule has 0 atom stereocenters. The number of halogens is 1. The first kappa shape index (κ1) is 19.4. The monoisotopic (exact) mass is 369 g/mol. The van der Waals surface area contributed by atoms with Gasteiger partial charge in [0.25, 0.3) is 5.91 Å². The molecule has 0 radical (unpaired) electrons. The van der Waals surface area contributed by atoms with Crippen LogP contribution in [0.15, 0.2) is 12.1 Å². The first-order chi connectivity index (χ1) is 11.9. The van der Waals surface area contributed by atoms with Gasteiger partial charge >= 0.3 is 5.97 Å². The Hall–Kier alpha value is -1.95. The van der Waals surface area contributed by atoms with E-state index >= 15 is 0 Å². The second-order valence-electron chi connectivity index (χ2n) is 6.25. The molecule has 0 unspecified atom stereocenters. The number of nitrogens with one attached hydrogen (secondary N) is 1. The van der Waals surface area contributed by atoms with Crippen molar-refractivity contribution >= 4 is 23.5 Å². The number of methoxy groups -OCH3 is 1. The van der Waals surface area contributed by atoms with Gasteiger partial charge in [0, 0.05) is 12.1 Å². The van der Waals surface area contributed by atoms with Crippen LogP contribution < -0.4 is 14.8 Å². The quantitative estimate of drug-likeness (QED) is 0.768. The van der Waals surface area contributed by atoms with Crippen LogP contribution in [0.25, 0.3) is 0 Å². The van der Waals surface area contributed by atoms with E-state index in [9.17, 15) is 14.7 Å². The van der Waals surface area contributed by atoms with E-state index in [1.807, 2.05) is 6.92 Å². The molecule has 7 heteroatoms. The van der Waals surface area contributed by atoms with Gasteiger partial charge in [-0.1, -0.05) is 30.9 Å². The minimum Gasteiger partial charge on any atom is -0.493 e. The summed E-state index contributed by atoms with van der Waals surface area (Å²) in [5, 5.41) is 12.6. The molecule has 6 nitrogen and oxygen atoms in total. The number of aliphatic carboxylic acids is 1. The Morgan fingerprint density at radius 2 is 1.96 bits per heavy atom. The Morgan fingerprint density at radius 3 is 2.52 bits per heavy atom. The van der Waals surface area contributed by atoms with Gasteiger partial charge in [0.2, 0.25) is 0 Å². The third-order valence-electron chi connectivity index (χ3n) is 4.63. The zero-order valence-corrected chi connectivity index (χ0v) is 15.3. The highest BCUT2D eigenvalue weighted by Crippen LogP contribution is 2.37. The summed E-state index contributed by atoms with van der Waals surface area (Å²) in [5.41, 5.74) is -0.575. The van der Waals surface area contributed by atoms with Crippen LogP contribution in [0, 0.1) is 5.41 Å². The lowest BCUT2D eigenvalue weighted by Gasteiger charge is -2.33. The van der Waals surface area contributed by atoms with Gasteiger partial charge in [0.15, 0.2) is 11.5 Å². The van der Waals surface area contributed by atoms with Crippen LogP contribution in [0.4, 0.5) is 0 Å². The molecule has 1 saturated carbocycles. The lowest BCUT2D eigenvalue weighted by Crippen LogP contribution is -2.44. The van der Waals surface area contributed by atoms with Crippen molar-refractivity contribution in [3.8, 4) is 11.5 Å². The Morgan fingerprint density at radius 1 is 1.28 bits per heavy atom. The van der Waals surface area contributed by atoms with E-state index in [4.69, 9.17) is 21.1 Å². The van der Waals surface area contributed by atoms with Gasteiger partial charge in [-0.25, -0.2) is 0 Å². The van der Waals surface area contributed by atoms with Crippen molar-refractivity contribution in [2.24, 2.45) is 5.41 Å². The lowest BCUT2D eigenvalue weighted by molar-refractivity contribution is -0.150. The Balaban J connectivity index is 2.15. The third kappa shape index (κ3) is 4.37. The number of carboxylic acid groups (broad SMARTS) is 1. The molecule has 1 fully saturated rings. The molecule has 138 valence electrons. The van der Waals surface area contributed by atoms with E-state index in [1.165, 1.54) is 13.2 Å². The van der Waals surface area contributed by atoms with E-state index in [0.29, 0.717) is 36.5 Å². The van der Waals surface area contributed by atoms with Crippen molar-refractivity contribution in [3.63, 3.8) is 0 Å². The summed E-state index contributed by atoms with van der Waals surface area (Å²) in [4.78, 5) is 24.2. The standard InChI is InChI=1S/C18H24ClNO5/c1-3-25-15-13(19)9-12(10-14(15)24-2)16(21)20-11-18(17(22)23)7-5-4-6-8-18/h9-10H,3-8,11H2,1-2H3,(H,20,21)(H,22,23). The third-order valence-corrected chi connectivity index (χ3v) is 4.91. The average molecular weight is 370 g/mol. The molecule has 1 aliphatic rings. The number of carboxylic acids is 1. The second kappa shape index (κ2) is 8.43. The Labute approximate surface area is 152 Å². The zero-order chi connectivity index (χ0) is 18.4. The van der Waals surface area contributed by atoms with Gasteiger partial charge in [0.1, 0.15) is 0 Å². The number of amides is 1. The van der Waals surface area contributed by atoms with Crippen LogP contribution in [-0.4, -0.2) is 37.2 Å². The Kier molecular flexibility index (Phi) is 6.53. The molecule has 1 aliphatic carbocycles. The number of ether oxygens (including phenoxy) is 2. The molecule has 25 heavy (non-hydrogen) atoms. The fourth-order valence-corrected chi connectivity index (χ4v) is 3.45. The molecule has 2 rings (SSSR count). The summed E-state index contributed by atoms with van der Waals surface area (Å²) in [7, 11) is 1.47. The molecule has 0 bridgehead atoms. The minimum absolute atomic E-state index is 0.105. The molecular weight excluding hydrogens is 346 g/mol. The number of carbonyl (C=O) groups excluding carboxylic acids is 1. The predicted octanol–water partition coefficient (Wildman–Crippen LogP) is 3.51. The van der Waals surface area contributed by atoms with E-state index in [0.717, 1.165) is 19.3 Å². The van der Waals surface area contributed by atoms with Crippen molar-refractivity contribution in [2.75, 3.05) is 20.3 Å². The van der Waals surface area contributed by atoms with Crippen LogP contribution in [0.3, 0.4) is 0 Å². The maximum Gasteiger partial charge on any atom is 0.311 e. The second-order valence-corrected chi connectivity index (χ2v) is 6.66. The van der Waals surface area contributed by atoms with E-state index < -0.39 is 11.4 Å². The van der Waals surface area contributed by atoms with Crippen LogP contribution in [0.1, 0.15) is 49.4 Å². The summed E-state index contributed by atoms with van der Waals surface area (Å²) in [5.74, 6) is -0.480. The van der Waals surface area contributed by atoms with Crippen LogP contribution in [0.2, 0.25) is 5.02 Å². The smallest absolute Gasteiger partial charge is 0.311 e. The number of hydrogen-bond acceptors (Lipinski definition) is 4. The Bertz CT molecular complexity index is 641. The highest BCUT2D eigenvalue weighted by molar-refractivity contribution is 6.32. The van der Waals surface area contributed by atoms with Gasteiger partial charge in [-0.05, 0) is 31.9 Å². The molecule has 0 aromatic heterocycles. The molecule has 0 aliphatic heterocycles. The van der Waals surface area contributed by atoms with E-state index in [1.54, 1.807) is 6.07 Å². The van der Waals surface area contributed by atoms with Crippen LogP contribution >= 0.6 is 11.6 Å². The zero-order valence-electron chi connectivity index (χ0n) is 14.6. The maximum absolute atomic E-state index is 12.5. The van der Waals surface area contributed by atoms with Crippen LogP contribution in [0.5, 0.6) is 11.5 Å². The molecule has 1 amide bonds. The molecule has 0 spiro atoms. The summed E-state index contributed by atoms with van der Waals surface area (Å²) >= 11 is 6.18. The largest absolute Gasteiger partial charge is 0.493 e. The SMILES string of the molecule is CCOc1c(Cl)cc(C(=O)NCC2(C(=O)O)CCCCC2)cc1OC. The van der Waals surface area contributed by atoms with Crippen LogP contribution in [-0.2, 0) is 4.79 Å². The summed E-state index contributed by atoms with van der Waals surface area (Å²) < 4.78 is 10.7. The van der Waals surface area contributed by atoms with Gasteiger partial charge in [0.05, 0.1) is 24.2 Å². The number of carbonyl (C=O) groups is 2. The van der Waals surface area contributed by atoms with Crippen molar-refractivity contribution in [1.29, 1.82) is 0 Å². The van der Waals surface area contributed by atoms with Crippen molar-refractivity contribution in [2.45, 2.75) is 39.0 Å². The fourth-order valence-electron chi connectivity index (χ4n) is 3.18. The normalized spacial score (nSPS) is 16.1. The summed E-state index contributed by atoms with van der Waals surface area (Å²) in [6, 6.07) is 3.04. The number of hydrogen-bond donors (Lipinski definition) is 2. The highest BCUT2D eigenvalue weighted by atomic mass is 35.5. The molecule has 0 saturated heterocycles.